The summed E-state index contributed by atoms with van der Waals surface area (Å²) in [6, 6.07) is 16.6. The number of rotatable bonds is 5. The minimum atomic E-state index is -5.06. The molecule has 7 nitrogen and oxygen atoms in total. The maximum Gasteiger partial charge on any atom is 0.573 e. The minimum Gasteiger partial charge on any atom is -0.404 e. The normalized spacial score (nSPS) is 16.3. The van der Waals surface area contributed by atoms with E-state index in [0.717, 1.165) is 22.0 Å². The highest BCUT2D eigenvalue weighted by Gasteiger charge is 2.41. The Morgan fingerprint density at radius 2 is 1.69 bits per heavy atom. The van der Waals surface area contributed by atoms with Crippen LogP contribution in [0.2, 0.25) is 0 Å². The van der Waals surface area contributed by atoms with Gasteiger partial charge in [0.05, 0.1) is 24.0 Å². The maximum atomic E-state index is 14.0. The van der Waals surface area contributed by atoms with Crippen LogP contribution < -0.4 is 4.74 Å². The summed E-state index contributed by atoms with van der Waals surface area (Å²) in [5, 5.41) is 0. The molecule has 0 fully saturated rings. The van der Waals surface area contributed by atoms with Crippen LogP contribution in [0.5, 0.6) is 5.75 Å². The SMILES string of the molecule is O=S(=O)(c1ccccc1OC(F)(F)F)N1Cc2ncccc2-n2ccnc2C1Cc1ccccc1. The third-order valence-corrected chi connectivity index (χ3v) is 7.57. The molecule has 0 bridgehead atoms. The van der Waals surface area contributed by atoms with Crippen LogP contribution in [0, 0.1) is 0 Å². The highest BCUT2D eigenvalue weighted by Crippen LogP contribution is 2.39. The number of nitrogens with zero attached hydrogens (tertiary/aromatic N) is 4. The number of halogens is 3. The number of aromatic nitrogens is 3. The van der Waals surface area contributed by atoms with Crippen LogP contribution in [0.1, 0.15) is 23.1 Å². The number of sulfonamides is 1. The van der Waals surface area contributed by atoms with Crippen LogP contribution in [-0.2, 0) is 23.0 Å². The van der Waals surface area contributed by atoms with E-state index < -0.39 is 33.1 Å². The average Bonchev–Trinajstić information content (AvgIpc) is 3.26. The number of imidazole rings is 1. The molecule has 35 heavy (non-hydrogen) atoms. The van der Waals surface area contributed by atoms with Gasteiger partial charge in [0, 0.05) is 18.6 Å². The van der Waals surface area contributed by atoms with Gasteiger partial charge >= 0.3 is 6.36 Å². The first-order valence-corrected chi connectivity index (χ1v) is 12.1. The first kappa shape index (κ1) is 23.1. The molecule has 11 heteroatoms. The molecule has 0 spiro atoms. The molecule has 1 unspecified atom stereocenters. The van der Waals surface area contributed by atoms with Crippen molar-refractivity contribution in [3.8, 4) is 11.4 Å². The van der Waals surface area contributed by atoms with Crippen molar-refractivity contribution in [2.75, 3.05) is 0 Å². The molecule has 1 aliphatic rings. The molecule has 0 saturated carbocycles. The van der Waals surface area contributed by atoms with Crippen LogP contribution in [0.4, 0.5) is 13.2 Å². The van der Waals surface area contributed by atoms with Crippen molar-refractivity contribution in [2.45, 2.75) is 30.3 Å². The predicted molar refractivity (Wildman–Crippen MR) is 120 cm³/mol. The van der Waals surface area contributed by atoms with Gasteiger partial charge in [-0.25, -0.2) is 13.4 Å². The Kier molecular flexibility index (Phi) is 5.81. The number of hydrogen-bond donors (Lipinski definition) is 0. The summed E-state index contributed by atoms with van der Waals surface area (Å²) in [5.41, 5.74) is 1.93. The Labute approximate surface area is 199 Å². The fraction of sp³-hybridized carbons (Fsp3) is 0.167. The predicted octanol–water partition coefficient (Wildman–Crippen LogP) is 4.65. The van der Waals surface area contributed by atoms with Crippen molar-refractivity contribution in [3.63, 3.8) is 0 Å². The van der Waals surface area contributed by atoms with Gasteiger partial charge in [-0.3, -0.25) is 4.98 Å². The summed E-state index contributed by atoms with van der Waals surface area (Å²) in [5.74, 6) is -0.370. The van der Waals surface area contributed by atoms with E-state index >= 15 is 0 Å². The van der Waals surface area contributed by atoms with E-state index in [4.69, 9.17) is 0 Å². The monoisotopic (exact) mass is 500 g/mol. The zero-order valence-corrected chi connectivity index (χ0v) is 18.9. The zero-order chi connectivity index (χ0) is 24.6. The Balaban J connectivity index is 1.69. The highest BCUT2D eigenvalue weighted by atomic mass is 32.2. The lowest BCUT2D eigenvalue weighted by Gasteiger charge is -2.29. The molecule has 180 valence electrons. The van der Waals surface area contributed by atoms with Gasteiger partial charge in [-0.05, 0) is 36.2 Å². The average molecular weight is 501 g/mol. The summed E-state index contributed by atoms with van der Waals surface area (Å²) in [4.78, 5) is 8.23. The molecule has 0 radical (unpaired) electrons. The summed E-state index contributed by atoms with van der Waals surface area (Å²) in [6.45, 7) is -0.167. The highest BCUT2D eigenvalue weighted by molar-refractivity contribution is 7.89. The maximum absolute atomic E-state index is 14.0. The number of hydrogen-bond acceptors (Lipinski definition) is 5. The van der Waals surface area contributed by atoms with Crippen LogP contribution in [-0.4, -0.2) is 33.6 Å². The molecule has 1 atom stereocenters. The van der Waals surface area contributed by atoms with E-state index in [1.54, 1.807) is 35.3 Å². The van der Waals surface area contributed by atoms with E-state index in [-0.39, 0.29) is 13.0 Å². The van der Waals surface area contributed by atoms with Gasteiger partial charge in [0.2, 0.25) is 10.0 Å². The van der Waals surface area contributed by atoms with E-state index in [1.807, 2.05) is 30.3 Å². The van der Waals surface area contributed by atoms with Crippen molar-refractivity contribution in [1.82, 2.24) is 18.8 Å². The number of fused-ring (bicyclic) bond motifs is 3. The fourth-order valence-corrected chi connectivity index (χ4v) is 5.87. The fourth-order valence-electron chi connectivity index (χ4n) is 4.20. The molecule has 2 aromatic carbocycles. The van der Waals surface area contributed by atoms with Crippen LogP contribution in [0.25, 0.3) is 5.69 Å². The second kappa shape index (κ2) is 8.82. The Hall–Kier alpha value is -3.70. The standard InChI is InChI=1S/C24H19F3N4O3S/c25-24(26,27)34-21-10-4-5-11-22(21)35(32,33)31-16-18-19(9-6-12-28-18)30-14-13-29-23(30)20(31)15-17-7-2-1-3-8-17/h1-14,20H,15-16H2. The van der Waals surface area contributed by atoms with Crippen molar-refractivity contribution in [2.24, 2.45) is 0 Å². The summed E-state index contributed by atoms with van der Waals surface area (Å²) in [6.07, 6.45) is -0.00427. The van der Waals surface area contributed by atoms with Crippen molar-refractivity contribution in [3.05, 3.63) is 102 Å². The van der Waals surface area contributed by atoms with Crippen LogP contribution in [0.15, 0.2) is 90.2 Å². The molecule has 0 aliphatic carbocycles. The summed E-state index contributed by atoms with van der Waals surface area (Å²) in [7, 11) is -4.51. The molecule has 2 aromatic heterocycles. The molecule has 4 aromatic rings. The lowest BCUT2D eigenvalue weighted by molar-refractivity contribution is -0.275. The quantitative estimate of drug-likeness (QED) is 0.399. The second-order valence-electron chi connectivity index (χ2n) is 7.87. The zero-order valence-electron chi connectivity index (χ0n) is 18.1. The Morgan fingerprint density at radius 1 is 0.943 bits per heavy atom. The lowest BCUT2D eigenvalue weighted by Crippen LogP contribution is -2.36. The third-order valence-electron chi connectivity index (χ3n) is 5.68. The van der Waals surface area contributed by atoms with Crippen molar-refractivity contribution >= 4 is 10.0 Å². The van der Waals surface area contributed by atoms with Gasteiger partial charge in [0.25, 0.3) is 0 Å². The van der Waals surface area contributed by atoms with Crippen molar-refractivity contribution < 1.29 is 26.3 Å². The van der Waals surface area contributed by atoms with Gasteiger partial charge in [-0.1, -0.05) is 42.5 Å². The molecular weight excluding hydrogens is 481 g/mol. The molecule has 1 aliphatic heterocycles. The van der Waals surface area contributed by atoms with Gasteiger partial charge in [0.1, 0.15) is 16.5 Å². The molecule has 0 amide bonds. The van der Waals surface area contributed by atoms with Crippen LogP contribution in [0.3, 0.4) is 0 Å². The molecular formula is C24H19F3N4O3S. The van der Waals surface area contributed by atoms with Gasteiger partial charge < -0.3 is 9.30 Å². The minimum absolute atomic E-state index is 0.167. The lowest BCUT2D eigenvalue weighted by atomic mass is 10.1. The molecule has 0 saturated heterocycles. The van der Waals surface area contributed by atoms with E-state index in [9.17, 15) is 21.6 Å². The number of benzene rings is 2. The smallest absolute Gasteiger partial charge is 0.404 e. The van der Waals surface area contributed by atoms with E-state index in [2.05, 4.69) is 14.7 Å². The van der Waals surface area contributed by atoms with Crippen LogP contribution >= 0.6 is 0 Å². The topological polar surface area (TPSA) is 77.3 Å². The van der Waals surface area contributed by atoms with Crippen molar-refractivity contribution in [1.29, 1.82) is 0 Å². The first-order chi connectivity index (χ1) is 16.7. The van der Waals surface area contributed by atoms with E-state index in [0.29, 0.717) is 17.2 Å². The van der Waals surface area contributed by atoms with Gasteiger partial charge in [-0.15, -0.1) is 13.2 Å². The number of ether oxygens (including phenoxy) is 1. The summed E-state index contributed by atoms with van der Waals surface area (Å²) >= 11 is 0. The number of pyridine rings is 1. The molecule has 5 rings (SSSR count). The molecule has 3 heterocycles. The summed E-state index contributed by atoms with van der Waals surface area (Å²) < 4.78 is 74.2. The van der Waals surface area contributed by atoms with Gasteiger partial charge in [-0.2, -0.15) is 4.31 Å². The molecule has 0 N–H and O–H groups in total. The first-order valence-electron chi connectivity index (χ1n) is 10.6. The Bertz CT molecular complexity index is 1460. The number of alkyl halides is 3. The second-order valence-corrected chi connectivity index (χ2v) is 9.73. The third kappa shape index (κ3) is 4.52. The van der Waals surface area contributed by atoms with Gasteiger partial charge in [0.15, 0.2) is 0 Å². The largest absolute Gasteiger partial charge is 0.573 e. The number of para-hydroxylation sites is 1. The Morgan fingerprint density at radius 3 is 2.46 bits per heavy atom. The van der Waals surface area contributed by atoms with E-state index in [1.165, 1.54) is 12.1 Å².